The van der Waals surface area contributed by atoms with Gasteiger partial charge in [0.25, 0.3) is 5.56 Å². The summed E-state index contributed by atoms with van der Waals surface area (Å²) in [6, 6.07) is 7.02. The molecular formula is C18H17N3O3S. The Labute approximate surface area is 148 Å². The van der Waals surface area contributed by atoms with Gasteiger partial charge in [0.2, 0.25) is 0 Å². The molecular weight excluding hydrogens is 338 g/mol. The third-order valence-corrected chi connectivity index (χ3v) is 5.70. The van der Waals surface area contributed by atoms with Gasteiger partial charge in [0, 0.05) is 4.88 Å². The smallest absolute Gasteiger partial charge is 0.337 e. The standard InChI is InChI=1S/C18H17N3O3S/c1-24-18(23)12-6-4-5-11(9-12)10-21-17(22)15-13-7-2-3-8-14(13)25-16(15)19-20-21/h4-6,9H,2-3,7-8,10H2,1H3. The normalized spacial score (nSPS) is 13.6. The summed E-state index contributed by atoms with van der Waals surface area (Å²) in [7, 11) is 1.35. The molecule has 0 radical (unpaired) electrons. The van der Waals surface area contributed by atoms with Gasteiger partial charge in [-0.3, -0.25) is 4.79 Å². The van der Waals surface area contributed by atoms with Crippen LogP contribution in [0.5, 0.6) is 0 Å². The number of aromatic nitrogens is 3. The van der Waals surface area contributed by atoms with Crippen molar-refractivity contribution in [1.29, 1.82) is 0 Å². The molecule has 0 N–H and O–H groups in total. The van der Waals surface area contributed by atoms with Gasteiger partial charge >= 0.3 is 5.97 Å². The molecule has 25 heavy (non-hydrogen) atoms. The van der Waals surface area contributed by atoms with Crippen molar-refractivity contribution in [2.75, 3.05) is 7.11 Å². The number of nitrogens with zero attached hydrogens (tertiary/aromatic N) is 3. The largest absolute Gasteiger partial charge is 0.465 e. The van der Waals surface area contributed by atoms with Gasteiger partial charge in [-0.25, -0.2) is 9.48 Å². The number of hydrogen-bond donors (Lipinski definition) is 0. The molecule has 4 rings (SSSR count). The van der Waals surface area contributed by atoms with E-state index in [0.717, 1.165) is 40.6 Å². The van der Waals surface area contributed by atoms with E-state index in [9.17, 15) is 9.59 Å². The number of ether oxygens (including phenoxy) is 1. The summed E-state index contributed by atoms with van der Waals surface area (Å²) < 4.78 is 6.12. The van der Waals surface area contributed by atoms with Gasteiger partial charge in [-0.1, -0.05) is 17.3 Å². The van der Waals surface area contributed by atoms with Crippen molar-refractivity contribution in [2.24, 2.45) is 0 Å². The van der Waals surface area contributed by atoms with Crippen LogP contribution in [0.1, 0.15) is 39.2 Å². The Morgan fingerprint density at radius 2 is 2.16 bits per heavy atom. The molecule has 2 aromatic heterocycles. The second-order valence-corrected chi connectivity index (χ2v) is 7.22. The first-order valence-corrected chi connectivity index (χ1v) is 9.04. The number of aryl methyl sites for hydroxylation is 2. The molecule has 0 amide bonds. The third kappa shape index (κ3) is 2.84. The molecule has 2 heterocycles. The molecule has 128 valence electrons. The lowest BCUT2D eigenvalue weighted by Gasteiger charge is -2.10. The van der Waals surface area contributed by atoms with Crippen molar-refractivity contribution in [3.8, 4) is 0 Å². The van der Waals surface area contributed by atoms with Gasteiger partial charge in [0.1, 0.15) is 0 Å². The Bertz CT molecular complexity index is 1020. The van der Waals surface area contributed by atoms with Crippen LogP contribution in [-0.2, 0) is 24.1 Å². The topological polar surface area (TPSA) is 74.1 Å². The molecule has 0 spiro atoms. The second-order valence-electron chi connectivity index (χ2n) is 6.14. The van der Waals surface area contributed by atoms with E-state index in [2.05, 4.69) is 10.3 Å². The Kier molecular flexibility index (Phi) is 4.09. The average Bonchev–Trinajstić information content (AvgIpc) is 3.03. The number of carbonyl (C=O) groups is 1. The molecule has 0 saturated carbocycles. The van der Waals surface area contributed by atoms with Crippen LogP contribution in [0.3, 0.4) is 0 Å². The zero-order chi connectivity index (χ0) is 17.4. The fraction of sp³-hybridized carbons (Fsp3) is 0.333. The van der Waals surface area contributed by atoms with Crippen molar-refractivity contribution in [3.63, 3.8) is 0 Å². The maximum atomic E-state index is 12.9. The van der Waals surface area contributed by atoms with Crippen LogP contribution in [0.4, 0.5) is 0 Å². The minimum Gasteiger partial charge on any atom is -0.465 e. The Balaban J connectivity index is 1.74. The van der Waals surface area contributed by atoms with Gasteiger partial charge in [0.05, 0.1) is 24.6 Å². The zero-order valence-electron chi connectivity index (χ0n) is 13.8. The number of rotatable bonds is 3. The summed E-state index contributed by atoms with van der Waals surface area (Å²) in [5.74, 6) is -0.400. The van der Waals surface area contributed by atoms with E-state index in [1.807, 2.05) is 6.07 Å². The monoisotopic (exact) mass is 355 g/mol. The molecule has 1 aliphatic carbocycles. The minimum atomic E-state index is -0.400. The summed E-state index contributed by atoms with van der Waals surface area (Å²) in [5, 5.41) is 9.07. The van der Waals surface area contributed by atoms with Crippen molar-refractivity contribution < 1.29 is 9.53 Å². The highest BCUT2D eigenvalue weighted by molar-refractivity contribution is 7.18. The highest BCUT2D eigenvalue weighted by Gasteiger charge is 2.20. The molecule has 0 saturated heterocycles. The number of carbonyl (C=O) groups excluding carboxylic acids is 1. The number of fused-ring (bicyclic) bond motifs is 3. The SMILES string of the molecule is COC(=O)c1cccc(Cn2nnc3sc4c(c3c2=O)CCCC4)c1. The van der Waals surface area contributed by atoms with Gasteiger partial charge in [-0.2, -0.15) is 0 Å². The van der Waals surface area contributed by atoms with Crippen molar-refractivity contribution in [3.05, 3.63) is 56.2 Å². The minimum absolute atomic E-state index is 0.104. The van der Waals surface area contributed by atoms with Crippen molar-refractivity contribution in [2.45, 2.75) is 32.2 Å². The molecule has 0 aliphatic heterocycles. The van der Waals surface area contributed by atoms with E-state index in [1.165, 1.54) is 23.1 Å². The van der Waals surface area contributed by atoms with Gasteiger partial charge in [-0.05, 0) is 48.9 Å². The van der Waals surface area contributed by atoms with Gasteiger partial charge < -0.3 is 4.74 Å². The lowest BCUT2D eigenvalue weighted by molar-refractivity contribution is 0.0600. The van der Waals surface area contributed by atoms with E-state index in [4.69, 9.17) is 4.74 Å². The number of methoxy groups -OCH3 is 1. The number of benzene rings is 1. The molecule has 0 bridgehead atoms. The van der Waals surface area contributed by atoms with E-state index < -0.39 is 5.97 Å². The summed E-state index contributed by atoms with van der Waals surface area (Å²) in [4.78, 5) is 26.6. The third-order valence-electron chi connectivity index (χ3n) is 4.52. The van der Waals surface area contributed by atoms with Crippen LogP contribution in [0.15, 0.2) is 29.1 Å². The zero-order valence-corrected chi connectivity index (χ0v) is 14.6. The maximum Gasteiger partial charge on any atom is 0.337 e. The summed E-state index contributed by atoms with van der Waals surface area (Å²) in [6.45, 7) is 0.275. The molecule has 6 nitrogen and oxygen atoms in total. The van der Waals surface area contributed by atoms with Crippen molar-refractivity contribution >= 4 is 27.5 Å². The summed E-state index contributed by atoms with van der Waals surface area (Å²) in [6.07, 6.45) is 4.24. The number of thiophene rings is 1. The number of esters is 1. The Hall–Kier alpha value is -2.54. The Morgan fingerprint density at radius 1 is 1.32 bits per heavy atom. The maximum absolute atomic E-state index is 12.9. The molecule has 0 atom stereocenters. The fourth-order valence-electron chi connectivity index (χ4n) is 3.30. The second kappa shape index (κ2) is 6.40. The molecule has 7 heteroatoms. The molecule has 1 aromatic carbocycles. The quantitative estimate of drug-likeness (QED) is 0.675. The van der Waals surface area contributed by atoms with Crippen LogP contribution >= 0.6 is 11.3 Å². The van der Waals surface area contributed by atoms with Gasteiger partial charge in [0.15, 0.2) is 4.83 Å². The predicted molar refractivity (Wildman–Crippen MR) is 95.2 cm³/mol. The lowest BCUT2D eigenvalue weighted by Crippen LogP contribution is -2.25. The van der Waals surface area contributed by atoms with Crippen LogP contribution in [0, 0.1) is 0 Å². The first kappa shape index (κ1) is 16.0. The van der Waals surface area contributed by atoms with Gasteiger partial charge in [-0.15, -0.1) is 16.4 Å². The highest BCUT2D eigenvalue weighted by atomic mass is 32.1. The van der Waals surface area contributed by atoms with Crippen LogP contribution < -0.4 is 5.56 Å². The molecule has 3 aromatic rings. The van der Waals surface area contributed by atoms with Crippen molar-refractivity contribution in [1.82, 2.24) is 15.0 Å². The van der Waals surface area contributed by atoms with Crippen LogP contribution in [0.25, 0.3) is 10.2 Å². The first-order chi connectivity index (χ1) is 12.2. The lowest BCUT2D eigenvalue weighted by atomic mass is 9.97. The fourth-order valence-corrected chi connectivity index (χ4v) is 4.49. The highest BCUT2D eigenvalue weighted by Crippen LogP contribution is 2.33. The first-order valence-electron chi connectivity index (χ1n) is 8.22. The van der Waals surface area contributed by atoms with Crippen LogP contribution in [0.2, 0.25) is 0 Å². The van der Waals surface area contributed by atoms with E-state index in [1.54, 1.807) is 29.5 Å². The molecule has 0 unspecified atom stereocenters. The van der Waals surface area contributed by atoms with E-state index in [-0.39, 0.29) is 12.1 Å². The van der Waals surface area contributed by atoms with E-state index in [0.29, 0.717) is 5.56 Å². The number of hydrogen-bond acceptors (Lipinski definition) is 6. The van der Waals surface area contributed by atoms with Crippen LogP contribution in [-0.4, -0.2) is 28.1 Å². The predicted octanol–water partition coefficient (Wildman–Crippen LogP) is 2.57. The summed E-state index contributed by atoms with van der Waals surface area (Å²) in [5.41, 5.74) is 2.31. The molecule has 1 aliphatic rings. The van der Waals surface area contributed by atoms with E-state index >= 15 is 0 Å². The Morgan fingerprint density at radius 3 is 3.00 bits per heavy atom. The average molecular weight is 355 g/mol. The summed E-state index contributed by atoms with van der Waals surface area (Å²) >= 11 is 1.59. The molecule has 0 fully saturated rings.